The van der Waals surface area contributed by atoms with Crippen molar-refractivity contribution < 1.29 is 19.2 Å². The summed E-state index contributed by atoms with van der Waals surface area (Å²) in [7, 11) is 1.64. The van der Waals surface area contributed by atoms with Gasteiger partial charge in [-0.25, -0.2) is 15.0 Å². The van der Waals surface area contributed by atoms with E-state index in [9.17, 15) is 14.7 Å². The Balaban J connectivity index is 1.33. The van der Waals surface area contributed by atoms with Crippen molar-refractivity contribution in [3.8, 4) is 22.8 Å². The molecule has 11 heteroatoms. The highest BCUT2D eigenvalue weighted by molar-refractivity contribution is 5.87. The highest BCUT2D eigenvalue weighted by atomic mass is 16.5. The predicted octanol–water partition coefficient (Wildman–Crippen LogP) is 2.06. The van der Waals surface area contributed by atoms with E-state index >= 15 is 0 Å². The summed E-state index contributed by atoms with van der Waals surface area (Å²) in [5.41, 5.74) is 0.338. The van der Waals surface area contributed by atoms with E-state index in [0.29, 0.717) is 35.3 Å². The number of amides is 2. The summed E-state index contributed by atoms with van der Waals surface area (Å²) in [6.45, 7) is 3.82. The van der Waals surface area contributed by atoms with Crippen molar-refractivity contribution in [1.29, 1.82) is 0 Å². The molecule has 2 N–H and O–H groups in total. The van der Waals surface area contributed by atoms with Gasteiger partial charge in [0.1, 0.15) is 11.7 Å². The van der Waals surface area contributed by atoms with E-state index in [4.69, 9.17) is 4.52 Å². The van der Waals surface area contributed by atoms with Gasteiger partial charge in [0.25, 0.3) is 5.91 Å². The third kappa shape index (κ3) is 4.53. The lowest BCUT2D eigenvalue weighted by atomic mass is 9.98. The highest BCUT2D eigenvalue weighted by Gasteiger charge is 2.48. The molecule has 2 amide bonds. The van der Waals surface area contributed by atoms with Crippen LogP contribution in [0.4, 0.5) is 5.95 Å². The number of pyridine rings is 1. The Bertz CT molecular complexity index is 1270. The number of anilines is 1. The third-order valence-electron chi connectivity index (χ3n) is 6.74. The Kier molecular flexibility index (Phi) is 6.40. The largest absolute Gasteiger partial charge is 0.373 e. The summed E-state index contributed by atoms with van der Waals surface area (Å²) in [5.74, 6) is 0.0625. The molecule has 5 rings (SSSR count). The monoisotopic (exact) mass is 491 g/mol. The van der Waals surface area contributed by atoms with Crippen LogP contribution in [0.3, 0.4) is 0 Å². The molecule has 3 aromatic heterocycles. The normalized spacial score (nSPS) is 21.0. The quantitative estimate of drug-likeness (QED) is 0.531. The zero-order chi connectivity index (χ0) is 25.3. The van der Waals surface area contributed by atoms with Crippen molar-refractivity contribution >= 4 is 17.8 Å². The molecule has 0 radical (unpaired) electrons. The Morgan fingerprint density at radius 2 is 1.81 bits per heavy atom. The van der Waals surface area contributed by atoms with E-state index in [1.54, 1.807) is 31.4 Å². The fraction of sp³-hybridized carbons (Fsp3) is 0.440. The first kappa shape index (κ1) is 23.9. The van der Waals surface area contributed by atoms with Crippen LogP contribution in [0.2, 0.25) is 0 Å². The molecule has 11 nitrogen and oxygen atoms in total. The van der Waals surface area contributed by atoms with E-state index < -0.39 is 17.6 Å². The molecule has 0 spiro atoms. The molecule has 2 saturated heterocycles. The van der Waals surface area contributed by atoms with Gasteiger partial charge in [-0.05, 0) is 44.4 Å². The second-order valence-corrected chi connectivity index (χ2v) is 9.34. The minimum atomic E-state index is -1.72. The van der Waals surface area contributed by atoms with Crippen molar-refractivity contribution in [3.63, 3.8) is 0 Å². The van der Waals surface area contributed by atoms with E-state index in [-0.39, 0.29) is 18.1 Å². The van der Waals surface area contributed by atoms with Gasteiger partial charge in [0.15, 0.2) is 5.76 Å². The van der Waals surface area contributed by atoms with E-state index in [1.807, 2.05) is 24.0 Å². The van der Waals surface area contributed by atoms with Crippen LogP contribution < -0.4 is 5.32 Å². The lowest BCUT2D eigenvalue weighted by Crippen LogP contribution is -2.44. The number of aliphatic hydroxyl groups is 1. The Labute approximate surface area is 208 Å². The molecular formula is C25H29N7O4. The van der Waals surface area contributed by atoms with Gasteiger partial charge in [0, 0.05) is 45.4 Å². The van der Waals surface area contributed by atoms with Gasteiger partial charge in [-0.1, -0.05) is 11.2 Å². The number of piperidine rings is 1. The molecule has 0 saturated carbocycles. The first-order valence-electron chi connectivity index (χ1n) is 12.2. The van der Waals surface area contributed by atoms with Gasteiger partial charge in [-0.3, -0.25) is 9.59 Å². The number of aromatic nitrogens is 4. The maximum atomic E-state index is 12.8. The number of likely N-dealkylation sites (N-methyl/N-ethyl adjacent to an activating group) is 1. The summed E-state index contributed by atoms with van der Waals surface area (Å²) < 4.78 is 5.35. The number of carbonyl (C=O) groups is 2. The molecular weight excluding hydrogens is 462 g/mol. The van der Waals surface area contributed by atoms with Gasteiger partial charge < -0.3 is 24.7 Å². The number of rotatable bonds is 6. The standard InChI is InChI=1S/C25H29N7O4/c1-16(22(33)32-12-4-3-5-13-32)27-24-26-11-9-19(29-24)17-7-6-8-18(28-17)20-15-21(36-30-20)25(35)10-14-31(2)23(25)34/h6-9,11,15-16,35H,3-5,10,12-14H2,1-2H3,(H,26,27,29)/t16-,25+/m0/s1. The zero-order valence-electron chi connectivity index (χ0n) is 20.3. The second kappa shape index (κ2) is 9.65. The molecule has 0 aromatic carbocycles. The van der Waals surface area contributed by atoms with E-state index in [2.05, 4.69) is 25.4 Å². The maximum absolute atomic E-state index is 12.8. The van der Waals surface area contributed by atoms with Gasteiger partial charge in [0.05, 0.1) is 17.1 Å². The SMILES string of the molecule is C[C@H](Nc1nccc(-c2cccc(-c3cc([C@]4(O)CCN(C)C4=O)on3)n2)n1)C(=O)N1CCCCC1. The van der Waals surface area contributed by atoms with E-state index in [0.717, 1.165) is 32.4 Å². The number of hydrogen-bond donors (Lipinski definition) is 2. The summed E-state index contributed by atoms with van der Waals surface area (Å²) in [6, 6.07) is 8.21. The highest BCUT2D eigenvalue weighted by Crippen LogP contribution is 2.34. The van der Waals surface area contributed by atoms with Gasteiger partial charge in [-0.15, -0.1) is 0 Å². The minimum Gasteiger partial charge on any atom is -0.373 e. The maximum Gasteiger partial charge on any atom is 0.262 e. The lowest BCUT2D eigenvalue weighted by Gasteiger charge is -2.29. The van der Waals surface area contributed by atoms with Crippen LogP contribution in [-0.4, -0.2) is 79.6 Å². The Hall–Kier alpha value is -3.86. The van der Waals surface area contributed by atoms with Crippen molar-refractivity contribution in [2.24, 2.45) is 0 Å². The summed E-state index contributed by atoms with van der Waals surface area (Å²) in [6.07, 6.45) is 5.08. The number of carbonyl (C=O) groups excluding carboxylic acids is 2. The number of nitrogens with one attached hydrogen (secondary N) is 1. The molecule has 5 heterocycles. The van der Waals surface area contributed by atoms with Crippen molar-refractivity contribution in [2.45, 2.75) is 44.2 Å². The molecule has 3 aromatic rings. The molecule has 188 valence electrons. The summed E-state index contributed by atoms with van der Waals surface area (Å²) >= 11 is 0. The van der Waals surface area contributed by atoms with Gasteiger partial charge >= 0.3 is 0 Å². The van der Waals surface area contributed by atoms with Crippen LogP contribution in [0, 0.1) is 0 Å². The Morgan fingerprint density at radius 1 is 1.08 bits per heavy atom. The molecule has 0 aliphatic carbocycles. The van der Waals surface area contributed by atoms with E-state index in [1.165, 1.54) is 4.90 Å². The average Bonchev–Trinajstić information content (AvgIpc) is 3.51. The van der Waals surface area contributed by atoms with Crippen LogP contribution in [-0.2, 0) is 15.2 Å². The van der Waals surface area contributed by atoms with Gasteiger partial charge in [-0.2, -0.15) is 0 Å². The van der Waals surface area contributed by atoms with Crippen LogP contribution in [0.1, 0.15) is 38.4 Å². The molecule has 2 aliphatic rings. The first-order chi connectivity index (χ1) is 17.3. The fourth-order valence-corrected chi connectivity index (χ4v) is 4.61. The number of likely N-dealkylation sites (tertiary alicyclic amines) is 2. The first-order valence-corrected chi connectivity index (χ1v) is 12.2. The predicted molar refractivity (Wildman–Crippen MR) is 130 cm³/mol. The van der Waals surface area contributed by atoms with Crippen LogP contribution >= 0.6 is 0 Å². The van der Waals surface area contributed by atoms with Gasteiger partial charge in [0.2, 0.25) is 17.5 Å². The summed E-state index contributed by atoms with van der Waals surface area (Å²) in [5, 5.41) is 18.0. The number of nitrogens with zero attached hydrogens (tertiary/aromatic N) is 6. The third-order valence-corrected chi connectivity index (χ3v) is 6.74. The lowest BCUT2D eigenvalue weighted by molar-refractivity contribution is -0.144. The smallest absolute Gasteiger partial charge is 0.262 e. The molecule has 36 heavy (non-hydrogen) atoms. The van der Waals surface area contributed by atoms with Crippen molar-refractivity contribution in [3.05, 3.63) is 42.3 Å². The zero-order valence-corrected chi connectivity index (χ0v) is 20.3. The molecule has 2 aliphatic heterocycles. The Morgan fingerprint density at radius 3 is 2.53 bits per heavy atom. The summed E-state index contributed by atoms with van der Waals surface area (Å²) in [4.78, 5) is 42.0. The average molecular weight is 492 g/mol. The van der Waals surface area contributed by atoms with Crippen LogP contribution in [0.25, 0.3) is 22.8 Å². The number of hydrogen-bond acceptors (Lipinski definition) is 9. The topological polar surface area (TPSA) is 138 Å². The van der Waals surface area contributed by atoms with Crippen molar-refractivity contribution in [1.82, 2.24) is 29.9 Å². The van der Waals surface area contributed by atoms with Crippen molar-refractivity contribution in [2.75, 3.05) is 32.0 Å². The van der Waals surface area contributed by atoms with Crippen LogP contribution in [0.5, 0.6) is 0 Å². The fourth-order valence-electron chi connectivity index (χ4n) is 4.61. The molecule has 0 unspecified atom stereocenters. The minimum absolute atomic E-state index is 0.0410. The molecule has 2 atom stereocenters. The molecule has 2 fully saturated rings. The molecule has 0 bridgehead atoms. The second-order valence-electron chi connectivity index (χ2n) is 9.34. The van der Waals surface area contributed by atoms with Crippen LogP contribution in [0.15, 0.2) is 41.1 Å².